The van der Waals surface area contributed by atoms with Crippen molar-refractivity contribution >= 4 is 23.1 Å². The van der Waals surface area contributed by atoms with Gasteiger partial charge in [0.1, 0.15) is 5.82 Å². The number of thioether (sulfide) groups is 1. The minimum Gasteiger partial charge on any atom is -0.376 e. The molecule has 0 radical (unpaired) electrons. The average molecular weight is 438 g/mol. The van der Waals surface area contributed by atoms with Crippen molar-refractivity contribution in [3.63, 3.8) is 0 Å². The zero-order chi connectivity index (χ0) is 20.2. The summed E-state index contributed by atoms with van der Waals surface area (Å²) < 4.78 is 10.3. The van der Waals surface area contributed by atoms with Crippen LogP contribution in [0, 0.1) is 0 Å². The molecule has 3 aromatic heterocycles. The van der Waals surface area contributed by atoms with Crippen LogP contribution < -0.4 is 0 Å². The predicted molar refractivity (Wildman–Crippen MR) is 120 cm³/mol. The van der Waals surface area contributed by atoms with Gasteiger partial charge in [0, 0.05) is 25.5 Å². The summed E-state index contributed by atoms with van der Waals surface area (Å²) in [6.45, 7) is 2.46. The van der Waals surface area contributed by atoms with E-state index in [-0.39, 0.29) is 6.10 Å². The summed E-state index contributed by atoms with van der Waals surface area (Å²) in [6.07, 6.45) is 6.36. The molecule has 0 saturated carbocycles. The molecule has 0 unspecified atom stereocenters. The van der Waals surface area contributed by atoms with E-state index in [1.165, 1.54) is 5.56 Å². The Morgan fingerprint density at radius 2 is 2.07 bits per heavy atom. The Labute approximate surface area is 183 Å². The van der Waals surface area contributed by atoms with Gasteiger partial charge in [0.15, 0.2) is 11.0 Å². The Kier molecular flexibility index (Phi) is 5.96. The lowest BCUT2D eigenvalue weighted by Crippen LogP contribution is -2.16. The average Bonchev–Trinajstić information content (AvgIpc) is 3.57. The normalized spacial score (nSPS) is 16.3. The molecule has 1 saturated heterocycles. The van der Waals surface area contributed by atoms with Crippen LogP contribution in [0.15, 0.2) is 65.4 Å². The predicted octanol–water partition coefficient (Wildman–Crippen LogP) is 4.72. The van der Waals surface area contributed by atoms with E-state index in [1.807, 2.05) is 18.5 Å². The monoisotopic (exact) mass is 437 g/mol. The second-order valence-electron chi connectivity index (χ2n) is 7.27. The van der Waals surface area contributed by atoms with Crippen molar-refractivity contribution < 1.29 is 4.74 Å². The van der Waals surface area contributed by atoms with Crippen LogP contribution >= 0.6 is 23.1 Å². The highest BCUT2D eigenvalue weighted by Crippen LogP contribution is 2.30. The molecule has 0 amide bonds. The number of benzene rings is 1. The van der Waals surface area contributed by atoms with Gasteiger partial charge in [-0.3, -0.25) is 4.57 Å². The number of thiophene rings is 1. The van der Waals surface area contributed by atoms with E-state index < -0.39 is 0 Å². The Morgan fingerprint density at radius 3 is 2.87 bits per heavy atom. The molecule has 0 bridgehead atoms. The molecule has 5 rings (SSSR count). The minimum atomic E-state index is 0.235. The summed E-state index contributed by atoms with van der Waals surface area (Å²) in [7, 11) is 0. The van der Waals surface area contributed by atoms with Crippen molar-refractivity contribution in [1.82, 2.24) is 24.3 Å². The van der Waals surface area contributed by atoms with Crippen LogP contribution in [0.4, 0.5) is 0 Å². The van der Waals surface area contributed by atoms with Gasteiger partial charge in [-0.05, 0) is 29.9 Å². The summed E-state index contributed by atoms with van der Waals surface area (Å²) >= 11 is 3.38. The maximum atomic E-state index is 5.89. The van der Waals surface area contributed by atoms with Crippen LogP contribution in [-0.2, 0) is 23.6 Å². The van der Waals surface area contributed by atoms with Gasteiger partial charge in [-0.2, -0.15) is 0 Å². The van der Waals surface area contributed by atoms with Gasteiger partial charge in [0.05, 0.1) is 23.3 Å². The highest BCUT2D eigenvalue weighted by Gasteiger charge is 2.22. The van der Waals surface area contributed by atoms with Crippen molar-refractivity contribution in [2.75, 3.05) is 6.61 Å². The molecule has 1 atom stereocenters. The van der Waals surface area contributed by atoms with E-state index in [0.29, 0.717) is 0 Å². The summed E-state index contributed by atoms with van der Waals surface area (Å²) in [4.78, 5) is 5.72. The minimum absolute atomic E-state index is 0.235. The maximum absolute atomic E-state index is 5.89. The van der Waals surface area contributed by atoms with Gasteiger partial charge in [-0.15, -0.1) is 21.5 Å². The molecule has 1 aliphatic rings. The molecule has 4 heterocycles. The lowest BCUT2D eigenvalue weighted by Gasteiger charge is -2.14. The molecule has 1 fully saturated rings. The van der Waals surface area contributed by atoms with Crippen LogP contribution in [0.5, 0.6) is 0 Å². The summed E-state index contributed by atoms with van der Waals surface area (Å²) in [5, 5.41) is 12.0. The smallest absolute Gasteiger partial charge is 0.192 e. The third-order valence-electron chi connectivity index (χ3n) is 5.20. The summed E-state index contributed by atoms with van der Waals surface area (Å²) in [6, 6.07) is 14.6. The second-order valence-corrected chi connectivity index (χ2v) is 9.16. The number of aromatic nitrogens is 5. The number of rotatable bonds is 8. The van der Waals surface area contributed by atoms with Gasteiger partial charge in [0.25, 0.3) is 0 Å². The molecule has 0 spiro atoms. The van der Waals surface area contributed by atoms with Crippen LogP contribution in [0.25, 0.3) is 10.7 Å². The molecule has 8 heteroatoms. The number of ether oxygens (including phenoxy) is 1. The topological polar surface area (TPSA) is 57.8 Å². The van der Waals surface area contributed by atoms with Gasteiger partial charge in [0.2, 0.25) is 0 Å². The van der Waals surface area contributed by atoms with Crippen LogP contribution in [0.3, 0.4) is 0 Å². The van der Waals surface area contributed by atoms with E-state index in [9.17, 15) is 0 Å². The first-order valence-electron chi connectivity index (χ1n) is 10.1. The molecular weight excluding hydrogens is 414 g/mol. The number of imidazole rings is 1. The molecule has 4 aromatic rings. The Morgan fingerprint density at radius 1 is 1.13 bits per heavy atom. The van der Waals surface area contributed by atoms with Crippen LogP contribution in [0.1, 0.15) is 24.2 Å². The van der Waals surface area contributed by atoms with Crippen molar-refractivity contribution in [3.05, 3.63) is 71.6 Å². The number of hydrogen-bond acceptors (Lipinski definition) is 6. The fraction of sp³-hybridized carbons (Fsp3) is 0.318. The van der Waals surface area contributed by atoms with Crippen molar-refractivity contribution in [3.8, 4) is 10.7 Å². The van der Waals surface area contributed by atoms with Gasteiger partial charge < -0.3 is 9.30 Å². The maximum Gasteiger partial charge on any atom is 0.192 e. The van der Waals surface area contributed by atoms with E-state index >= 15 is 0 Å². The van der Waals surface area contributed by atoms with E-state index in [4.69, 9.17) is 4.74 Å². The van der Waals surface area contributed by atoms with Gasteiger partial charge in [-0.25, -0.2) is 4.98 Å². The van der Waals surface area contributed by atoms with E-state index in [2.05, 4.69) is 66.1 Å². The van der Waals surface area contributed by atoms with Gasteiger partial charge >= 0.3 is 0 Å². The third kappa shape index (κ3) is 4.35. The fourth-order valence-electron chi connectivity index (χ4n) is 3.67. The summed E-state index contributed by atoms with van der Waals surface area (Å²) in [5.41, 5.74) is 1.27. The standard InChI is InChI=1S/C22H23N5OS2/c1-2-6-17(7-3-1)14-26-11-10-23-20(26)16-30-22-25-24-21(19-9-5-13-29-19)27(22)15-18-8-4-12-28-18/h1-3,5-7,9-11,13,18H,4,8,12,14-16H2/t18-/m1/s1. The lowest BCUT2D eigenvalue weighted by molar-refractivity contribution is 0.0953. The highest BCUT2D eigenvalue weighted by atomic mass is 32.2. The molecule has 6 nitrogen and oxygen atoms in total. The summed E-state index contributed by atoms with van der Waals surface area (Å²) in [5.74, 6) is 2.71. The van der Waals surface area contributed by atoms with E-state index in [1.54, 1.807) is 23.1 Å². The quantitative estimate of drug-likeness (QED) is 0.373. The third-order valence-corrected chi connectivity index (χ3v) is 7.02. The van der Waals surface area contributed by atoms with Crippen molar-refractivity contribution in [2.24, 2.45) is 0 Å². The highest BCUT2D eigenvalue weighted by molar-refractivity contribution is 7.98. The molecule has 1 aromatic carbocycles. The Balaban J connectivity index is 1.35. The first-order valence-corrected chi connectivity index (χ1v) is 12.0. The zero-order valence-corrected chi connectivity index (χ0v) is 18.2. The molecule has 0 aliphatic carbocycles. The van der Waals surface area contributed by atoms with E-state index in [0.717, 1.165) is 60.0 Å². The molecule has 0 N–H and O–H groups in total. The van der Waals surface area contributed by atoms with Crippen LogP contribution in [0.2, 0.25) is 0 Å². The molecular formula is C22H23N5OS2. The molecule has 1 aliphatic heterocycles. The number of hydrogen-bond donors (Lipinski definition) is 0. The molecule has 154 valence electrons. The largest absolute Gasteiger partial charge is 0.376 e. The first kappa shape index (κ1) is 19.5. The fourth-order valence-corrected chi connectivity index (χ4v) is 5.30. The number of nitrogens with zero attached hydrogens (tertiary/aromatic N) is 5. The Hall–Kier alpha value is -2.42. The first-order chi connectivity index (χ1) is 14.9. The zero-order valence-electron chi connectivity index (χ0n) is 16.6. The van der Waals surface area contributed by atoms with Crippen molar-refractivity contribution in [1.29, 1.82) is 0 Å². The second kappa shape index (κ2) is 9.16. The van der Waals surface area contributed by atoms with Crippen molar-refractivity contribution in [2.45, 2.75) is 42.9 Å². The lowest BCUT2D eigenvalue weighted by atomic mass is 10.2. The molecule has 30 heavy (non-hydrogen) atoms. The SMILES string of the molecule is c1ccc(Cn2ccnc2CSc2nnc(-c3cccs3)n2C[C@H]2CCCO2)cc1. The van der Waals surface area contributed by atoms with Crippen LogP contribution in [-0.4, -0.2) is 37.0 Å². The van der Waals surface area contributed by atoms with Gasteiger partial charge in [-0.1, -0.05) is 48.2 Å². The Bertz CT molecular complexity index is 1070.